The van der Waals surface area contributed by atoms with E-state index in [1.807, 2.05) is 70.5 Å². The highest BCUT2D eigenvalue weighted by Gasteiger charge is 2.41. The molecule has 2 aromatic carbocycles. The van der Waals surface area contributed by atoms with Crippen molar-refractivity contribution in [3.05, 3.63) is 66.2 Å². The Morgan fingerprint density at radius 3 is 2.22 bits per heavy atom. The van der Waals surface area contributed by atoms with Crippen molar-refractivity contribution in [2.45, 2.75) is 19.3 Å². The molecular formula is C26H33N3O3. The predicted octanol–water partition coefficient (Wildman–Crippen LogP) is 3.15. The summed E-state index contributed by atoms with van der Waals surface area (Å²) in [6, 6.07) is 19.1. The molecule has 2 aliphatic rings. The topological polar surface area (TPSA) is 53.1 Å². The molecule has 0 bridgehead atoms. The van der Waals surface area contributed by atoms with E-state index in [4.69, 9.17) is 4.74 Å². The second-order valence-electron chi connectivity index (χ2n) is 9.16. The minimum absolute atomic E-state index is 0.0291. The molecule has 2 amide bonds. The van der Waals surface area contributed by atoms with E-state index in [9.17, 15) is 9.59 Å². The smallest absolute Gasteiger partial charge is 0.253 e. The van der Waals surface area contributed by atoms with Crippen LogP contribution in [0.4, 0.5) is 0 Å². The molecule has 2 fully saturated rings. The number of carbonyl (C=O) groups excluding carboxylic acids is 2. The molecule has 0 N–H and O–H groups in total. The largest absolute Gasteiger partial charge is 0.493 e. The van der Waals surface area contributed by atoms with E-state index in [1.54, 1.807) is 0 Å². The number of piperidine rings is 1. The molecule has 32 heavy (non-hydrogen) atoms. The Morgan fingerprint density at radius 1 is 0.875 bits per heavy atom. The van der Waals surface area contributed by atoms with Gasteiger partial charge in [0.1, 0.15) is 5.75 Å². The van der Waals surface area contributed by atoms with Gasteiger partial charge >= 0.3 is 0 Å². The van der Waals surface area contributed by atoms with Crippen molar-refractivity contribution in [1.29, 1.82) is 0 Å². The van der Waals surface area contributed by atoms with Crippen molar-refractivity contribution in [2.24, 2.45) is 5.41 Å². The van der Waals surface area contributed by atoms with Crippen LogP contribution < -0.4 is 4.74 Å². The van der Waals surface area contributed by atoms with Gasteiger partial charge in [-0.15, -0.1) is 0 Å². The molecule has 6 nitrogen and oxygen atoms in total. The molecule has 2 heterocycles. The number of hydrogen-bond acceptors (Lipinski definition) is 4. The van der Waals surface area contributed by atoms with Crippen LogP contribution in [0.3, 0.4) is 0 Å². The average Bonchev–Trinajstić information content (AvgIpc) is 2.84. The SMILES string of the molecule is CN1CCN(C(=O)CC2(COc3ccccc3)CCCN(C(=O)c3ccccc3)C2)CC1. The molecule has 0 spiro atoms. The lowest BCUT2D eigenvalue weighted by atomic mass is 9.77. The van der Waals surface area contributed by atoms with E-state index in [2.05, 4.69) is 11.9 Å². The lowest BCUT2D eigenvalue weighted by molar-refractivity contribution is -0.137. The molecule has 1 atom stereocenters. The lowest BCUT2D eigenvalue weighted by Crippen LogP contribution is -2.53. The summed E-state index contributed by atoms with van der Waals surface area (Å²) in [6.07, 6.45) is 2.15. The van der Waals surface area contributed by atoms with E-state index in [1.165, 1.54) is 0 Å². The van der Waals surface area contributed by atoms with Gasteiger partial charge in [0.15, 0.2) is 0 Å². The van der Waals surface area contributed by atoms with Crippen LogP contribution in [0.15, 0.2) is 60.7 Å². The normalized spacial score (nSPS) is 21.9. The van der Waals surface area contributed by atoms with E-state index in [-0.39, 0.29) is 17.2 Å². The summed E-state index contributed by atoms with van der Waals surface area (Å²) in [4.78, 5) is 32.6. The summed E-state index contributed by atoms with van der Waals surface area (Å²) in [6.45, 7) is 5.00. The summed E-state index contributed by atoms with van der Waals surface area (Å²) in [5.41, 5.74) is 0.302. The van der Waals surface area contributed by atoms with Gasteiger partial charge in [0.2, 0.25) is 5.91 Å². The number of para-hydroxylation sites is 1. The van der Waals surface area contributed by atoms with Crippen LogP contribution in [0.5, 0.6) is 5.75 Å². The van der Waals surface area contributed by atoms with Crippen molar-refractivity contribution in [3.63, 3.8) is 0 Å². The van der Waals surface area contributed by atoms with Gasteiger partial charge in [0.05, 0.1) is 6.61 Å². The number of amides is 2. The van der Waals surface area contributed by atoms with Crippen molar-refractivity contribution in [2.75, 3.05) is 52.9 Å². The Balaban J connectivity index is 1.51. The average molecular weight is 436 g/mol. The van der Waals surface area contributed by atoms with Gasteiger partial charge in [-0.2, -0.15) is 0 Å². The molecule has 170 valence electrons. The van der Waals surface area contributed by atoms with E-state index >= 15 is 0 Å². The minimum atomic E-state index is -0.390. The van der Waals surface area contributed by atoms with Crippen LogP contribution in [-0.2, 0) is 4.79 Å². The van der Waals surface area contributed by atoms with Gasteiger partial charge in [-0.1, -0.05) is 36.4 Å². The summed E-state index contributed by atoms with van der Waals surface area (Å²) >= 11 is 0. The fourth-order valence-electron chi connectivity index (χ4n) is 4.70. The molecule has 6 heteroatoms. The molecule has 0 saturated carbocycles. The van der Waals surface area contributed by atoms with E-state index in [0.29, 0.717) is 31.7 Å². The minimum Gasteiger partial charge on any atom is -0.493 e. The lowest BCUT2D eigenvalue weighted by Gasteiger charge is -2.43. The first-order valence-corrected chi connectivity index (χ1v) is 11.5. The van der Waals surface area contributed by atoms with Crippen molar-refractivity contribution in [1.82, 2.24) is 14.7 Å². The molecular weight excluding hydrogens is 402 g/mol. The number of likely N-dealkylation sites (N-methyl/N-ethyl adjacent to an activating group) is 1. The maximum atomic E-state index is 13.3. The second-order valence-corrected chi connectivity index (χ2v) is 9.16. The van der Waals surface area contributed by atoms with Crippen LogP contribution in [0.1, 0.15) is 29.6 Å². The summed E-state index contributed by atoms with van der Waals surface area (Å²) < 4.78 is 6.17. The number of rotatable bonds is 6. The number of ether oxygens (including phenoxy) is 1. The number of carbonyl (C=O) groups is 2. The molecule has 1 unspecified atom stereocenters. The van der Waals surface area contributed by atoms with Gasteiger partial charge in [0.25, 0.3) is 5.91 Å². The zero-order valence-corrected chi connectivity index (χ0v) is 18.9. The maximum absolute atomic E-state index is 13.3. The van der Waals surface area contributed by atoms with E-state index < -0.39 is 0 Å². The fourth-order valence-corrected chi connectivity index (χ4v) is 4.70. The van der Waals surface area contributed by atoms with Gasteiger partial charge in [-0.3, -0.25) is 9.59 Å². The number of piperazine rings is 1. The Bertz CT molecular complexity index is 897. The van der Waals surface area contributed by atoms with Crippen LogP contribution in [0.2, 0.25) is 0 Å². The number of hydrogen-bond donors (Lipinski definition) is 0. The van der Waals surface area contributed by atoms with Crippen LogP contribution in [-0.4, -0.2) is 79.4 Å². The van der Waals surface area contributed by atoms with Crippen molar-refractivity contribution in [3.8, 4) is 5.75 Å². The maximum Gasteiger partial charge on any atom is 0.253 e. The Hall–Kier alpha value is -2.86. The molecule has 0 aromatic heterocycles. The third kappa shape index (κ3) is 5.49. The number of likely N-dealkylation sites (tertiary alicyclic amines) is 1. The first-order valence-electron chi connectivity index (χ1n) is 11.5. The van der Waals surface area contributed by atoms with Gasteiger partial charge < -0.3 is 19.4 Å². The Labute approximate surface area is 190 Å². The molecule has 2 aliphatic heterocycles. The summed E-state index contributed by atoms with van der Waals surface area (Å²) in [5, 5.41) is 0. The Kier molecular flexibility index (Phi) is 7.10. The van der Waals surface area contributed by atoms with Gasteiger partial charge in [-0.05, 0) is 44.2 Å². The van der Waals surface area contributed by atoms with Crippen LogP contribution >= 0.6 is 0 Å². The predicted molar refractivity (Wildman–Crippen MR) is 125 cm³/mol. The standard InChI is InChI=1S/C26H33N3O3/c1-27-15-17-28(18-16-27)24(30)19-26(21-32-23-11-6-3-7-12-23)13-8-14-29(20-26)25(31)22-9-4-2-5-10-22/h2-7,9-12H,8,13-21H2,1H3. The summed E-state index contributed by atoms with van der Waals surface area (Å²) in [5.74, 6) is 0.996. The zero-order chi connectivity index (χ0) is 22.4. The monoisotopic (exact) mass is 435 g/mol. The van der Waals surface area contributed by atoms with Gasteiger partial charge in [0, 0.05) is 56.7 Å². The highest BCUT2D eigenvalue weighted by molar-refractivity contribution is 5.94. The highest BCUT2D eigenvalue weighted by Crippen LogP contribution is 2.36. The second kappa shape index (κ2) is 10.2. The molecule has 2 aromatic rings. The van der Waals surface area contributed by atoms with Crippen molar-refractivity contribution < 1.29 is 14.3 Å². The first-order chi connectivity index (χ1) is 15.5. The summed E-state index contributed by atoms with van der Waals surface area (Å²) in [7, 11) is 2.09. The van der Waals surface area contributed by atoms with Crippen LogP contribution in [0.25, 0.3) is 0 Å². The Morgan fingerprint density at radius 2 is 1.53 bits per heavy atom. The first kappa shape index (κ1) is 22.3. The molecule has 4 rings (SSSR count). The third-order valence-corrected chi connectivity index (χ3v) is 6.64. The molecule has 0 aliphatic carbocycles. The van der Waals surface area contributed by atoms with Crippen LogP contribution in [0, 0.1) is 5.41 Å². The fraction of sp³-hybridized carbons (Fsp3) is 0.462. The van der Waals surface area contributed by atoms with Crippen molar-refractivity contribution >= 4 is 11.8 Å². The third-order valence-electron chi connectivity index (χ3n) is 6.64. The van der Waals surface area contributed by atoms with E-state index in [0.717, 1.165) is 44.8 Å². The number of benzene rings is 2. The zero-order valence-electron chi connectivity index (χ0n) is 18.9. The molecule has 0 radical (unpaired) electrons. The molecule has 2 saturated heterocycles. The van der Waals surface area contributed by atoms with Gasteiger partial charge in [-0.25, -0.2) is 0 Å². The quantitative estimate of drug-likeness (QED) is 0.700. The number of nitrogens with zero attached hydrogens (tertiary/aromatic N) is 3. The highest BCUT2D eigenvalue weighted by atomic mass is 16.5.